The van der Waals surface area contributed by atoms with E-state index in [1.165, 1.54) is 18.2 Å². The maximum Gasteiger partial charge on any atom is 0.336 e. The molecule has 142 valence electrons. The van der Waals surface area contributed by atoms with Gasteiger partial charge in [-0.25, -0.2) is 13.6 Å². The first kappa shape index (κ1) is 19.0. The number of phenolic OH excluding ortho intramolecular Hbond substituents is 1. The van der Waals surface area contributed by atoms with Crippen molar-refractivity contribution in [2.24, 2.45) is 0 Å². The van der Waals surface area contributed by atoms with Crippen LogP contribution in [0.15, 0.2) is 45.6 Å². The largest absolute Gasteiger partial charge is 0.508 e. The quantitative estimate of drug-likeness (QED) is 0.668. The molecule has 0 radical (unpaired) electrons. The first-order chi connectivity index (χ1) is 12.8. The van der Waals surface area contributed by atoms with Crippen LogP contribution in [0.5, 0.6) is 5.75 Å². The number of halogens is 2. The first-order valence-electron chi connectivity index (χ1n) is 8.74. The Bertz CT molecular complexity index is 1050. The van der Waals surface area contributed by atoms with Gasteiger partial charge >= 0.3 is 5.63 Å². The molecule has 0 amide bonds. The van der Waals surface area contributed by atoms with Crippen molar-refractivity contribution < 1.29 is 18.3 Å². The minimum absolute atomic E-state index is 0.0776. The maximum absolute atomic E-state index is 14.1. The van der Waals surface area contributed by atoms with Gasteiger partial charge in [-0.15, -0.1) is 0 Å². The van der Waals surface area contributed by atoms with E-state index in [0.29, 0.717) is 29.5 Å². The molecule has 3 aromatic rings. The van der Waals surface area contributed by atoms with Crippen LogP contribution in [0, 0.1) is 11.6 Å². The highest BCUT2D eigenvalue weighted by Gasteiger charge is 2.19. The minimum Gasteiger partial charge on any atom is -0.508 e. The molecule has 0 bridgehead atoms. The molecule has 1 heterocycles. The number of aryl methyl sites for hydroxylation is 1. The molecule has 4 nitrogen and oxygen atoms in total. The fraction of sp³-hybridized carbons (Fsp3) is 0.286. The van der Waals surface area contributed by atoms with E-state index in [-0.39, 0.29) is 11.3 Å². The lowest BCUT2D eigenvalue weighted by molar-refractivity contribution is 0.247. The van der Waals surface area contributed by atoms with Gasteiger partial charge < -0.3 is 9.52 Å². The number of phenols is 1. The Morgan fingerprint density at radius 1 is 1.15 bits per heavy atom. The zero-order chi connectivity index (χ0) is 19.7. The fourth-order valence-corrected chi connectivity index (χ4v) is 3.20. The van der Waals surface area contributed by atoms with Gasteiger partial charge in [0.2, 0.25) is 0 Å². The Hall–Kier alpha value is -2.73. The van der Waals surface area contributed by atoms with Gasteiger partial charge in [0.25, 0.3) is 0 Å². The van der Waals surface area contributed by atoms with Gasteiger partial charge in [0.15, 0.2) is 0 Å². The Kier molecular flexibility index (Phi) is 5.28. The summed E-state index contributed by atoms with van der Waals surface area (Å²) in [4.78, 5) is 13.7. The summed E-state index contributed by atoms with van der Waals surface area (Å²) in [6.07, 6.45) is 0.626. The molecule has 2 aromatic carbocycles. The number of benzene rings is 2. The summed E-state index contributed by atoms with van der Waals surface area (Å²) in [5.74, 6) is -0.902. The lowest BCUT2D eigenvalue weighted by Crippen LogP contribution is -2.23. The van der Waals surface area contributed by atoms with E-state index in [1.807, 2.05) is 11.8 Å². The Morgan fingerprint density at radius 2 is 1.89 bits per heavy atom. The molecular formula is C21H21F2NO3. The van der Waals surface area contributed by atoms with Crippen LogP contribution in [0.4, 0.5) is 8.78 Å². The zero-order valence-corrected chi connectivity index (χ0v) is 15.4. The number of aromatic hydroxyl groups is 1. The molecule has 0 aliphatic heterocycles. The van der Waals surface area contributed by atoms with Crippen LogP contribution in [0.25, 0.3) is 11.0 Å². The van der Waals surface area contributed by atoms with E-state index in [0.717, 1.165) is 17.7 Å². The standard InChI is InChI=1S/C21H21F2NO3/c1-4-13-7-17-14(8-21(26)27-20(17)10-19(13)25)11-24(3)12(2)16-9-15(22)5-6-18(16)23/h5-10,12,25H,4,11H2,1-3H3. The summed E-state index contributed by atoms with van der Waals surface area (Å²) in [7, 11) is 1.77. The van der Waals surface area contributed by atoms with Gasteiger partial charge in [-0.2, -0.15) is 0 Å². The van der Waals surface area contributed by atoms with Crippen molar-refractivity contribution in [1.29, 1.82) is 0 Å². The van der Waals surface area contributed by atoms with Crippen LogP contribution in [0.3, 0.4) is 0 Å². The predicted octanol–water partition coefficient (Wildman–Crippen LogP) is 4.53. The highest BCUT2D eigenvalue weighted by molar-refractivity contribution is 5.82. The second-order valence-corrected chi connectivity index (χ2v) is 6.68. The Balaban J connectivity index is 2.00. The molecule has 1 atom stereocenters. The average Bonchev–Trinajstić information content (AvgIpc) is 2.62. The molecule has 0 spiro atoms. The van der Waals surface area contributed by atoms with Crippen molar-refractivity contribution in [3.63, 3.8) is 0 Å². The van der Waals surface area contributed by atoms with Crippen LogP contribution < -0.4 is 5.63 Å². The predicted molar refractivity (Wildman–Crippen MR) is 99.8 cm³/mol. The molecule has 0 aliphatic rings. The van der Waals surface area contributed by atoms with Crippen molar-refractivity contribution in [3.05, 3.63) is 75.1 Å². The summed E-state index contributed by atoms with van der Waals surface area (Å²) < 4.78 is 32.8. The SMILES string of the molecule is CCc1cc2c(CN(C)C(C)c3cc(F)ccc3F)cc(=O)oc2cc1O. The molecule has 0 saturated heterocycles. The highest BCUT2D eigenvalue weighted by atomic mass is 19.1. The lowest BCUT2D eigenvalue weighted by atomic mass is 10.0. The van der Waals surface area contributed by atoms with Gasteiger partial charge in [-0.05, 0) is 55.8 Å². The van der Waals surface area contributed by atoms with Crippen molar-refractivity contribution in [1.82, 2.24) is 4.90 Å². The molecule has 0 saturated carbocycles. The molecule has 3 rings (SSSR count). The van der Waals surface area contributed by atoms with Crippen molar-refractivity contribution in [2.75, 3.05) is 7.05 Å². The Morgan fingerprint density at radius 3 is 2.59 bits per heavy atom. The van der Waals surface area contributed by atoms with Crippen LogP contribution >= 0.6 is 0 Å². The lowest BCUT2D eigenvalue weighted by Gasteiger charge is -2.26. The third-order valence-electron chi connectivity index (χ3n) is 4.90. The van der Waals surface area contributed by atoms with E-state index >= 15 is 0 Å². The summed E-state index contributed by atoms with van der Waals surface area (Å²) in [6, 6.07) is 7.59. The molecule has 1 unspecified atom stereocenters. The van der Waals surface area contributed by atoms with Crippen LogP contribution in [0.2, 0.25) is 0 Å². The van der Waals surface area contributed by atoms with Crippen molar-refractivity contribution in [3.8, 4) is 5.75 Å². The third kappa shape index (κ3) is 3.85. The summed E-state index contributed by atoms with van der Waals surface area (Å²) in [6.45, 7) is 4.02. The molecule has 1 N–H and O–H groups in total. The van der Waals surface area contributed by atoms with E-state index < -0.39 is 23.3 Å². The van der Waals surface area contributed by atoms with Gasteiger partial charge in [0, 0.05) is 35.7 Å². The van der Waals surface area contributed by atoms with Crippen LogP contribution in [0.1, 0.15) is 36.6 Å². The summed E-state index contributed by atoms with van der Waals surface area (Å²) >= 11 is 0. The molecule has 27 heavy (non-hydrogen) atoms. The fourth-order valence-electron chi connectivity index (χ4n) is 3.20. The van der Waals surface area contributed by atoms with E-state index in [1.54, 1.807) is 20.0 Å². The second-order valence-electron chi connectivity index (χ2n) is 6.68. The van der Waals surface area contributed by atoms with Crippen molar-refractivity contribution in [2.45, 2.75) is 32.9 Å². The van der Waals surface area contributed by atoms with E-state index in [4.69, 9.17) is 4.42 Å². The average molecular weight is 373 g/mol. The smallest absolute Gasteiger partial charge is 0.336 e. The number of nitrogens with zero attached hydrogens (tertiary/aromatic N) is 1. The number of hydrogen-bond acceptors (Lipinski definition) is 4. The highest BCUT2D eigenvalue weighted by Crippen LogP contribution is 2.29. The summed E-state index contributed by atoms with van der Waals surface area (Å²) in [5, 5.41) is 10.7. The normalized spacial score (nSPS) is 12.7. The zero-order valence-electron chi connectivity index (χ0n) is 15.4. The van der Waals surface area contributed by atoms with Gasteiger partial charge in [0.1, 0.15) is 23.0 Å². The third-order valence-corrected chi connectivity index (χ3v) is 4.90. The van der Waals surface area contributed by atoms with Gasteiger partial charge in [-0.3, -0.25) is 4.90 Å². The van der Waals surface area contributed by atoms with Gasteiger partial charge in [-0.1, -0.05) is 6.92 Å². The van der Waals surface area contributed by atoms with Crippen molar-refractivity contribution >= 4 is 11.0 Å². The summed E-state index contributed by atoms with van der Waals surface area (Å²) in [5.41, 5.74) is 1.45. The van der Waals surface area contributed by atoms with Crippen LogP contribution in [-0.4, -0.2) is 17.1 Å². The molecular weight excluding hydrogens is 352 g/mol. The monoisotopic (exact) mass is 373 g/mol. The molecule has 0 fully saturated rings. The van der Waals surface area contributed by atoms with E-state index in [9.17, 15) is 18.7 Å². The number of rotatable bonds is 5. The Labute approximate surface area is 155 Å². The maximum atomic E-state index is 14.1. The molecule has 6 heteroatoms. The number of hydrogen-bond donors (Lipinski definition) is 1. The minimum atomic E-state index is -0.529. The topological polar surface area (TPSA) is 53.7 Å². The number of fused-ring (bicyclic) bond motifs is 1. The van der Waals surface area contributed by atoms with Crippen LogP contribution in [-0.2, 0) is 13.0 Å². The molecule has 0 aliphatic carbocycles. The van der Waals surface area contributed by atoms with E-state index in [2.05, 4.69) is 0 Å². The first-order valence-corrected chi connectivity index (χ1v) is 8.74. The van der Waals surface area contributed by atoms with Gasteiger partial charge in [0.05, 0.1) is 0 Å². The molecule has 1 aromatic heterocycles. The second kappa shape index (κ2) is 7.48.